The SMILES string of the molecule is Cc1cc(C)cc(NC(=O)COc2c(C)cc(Br)cc2C)c1. The zero-order valence-electron chi connectivity index (χ0n) is 13.3. The minimum absolute atomic E-state index is 0.00367. The van der Waals surface area contributed by atoms with Crippen LogP contribution in [0.5, 0.6) is 5.75 Å². The molecule has 0 atom stereocenters. The van der Waals surface area contributed by atoms with Gasteiger partial charge in [-0.3, -0.25) is 4.79 Å². The van der Waals surface area contributed by atoms with E-state index in [0.717, 1.165) is 38.2 Å². The van der Waals surface area contributed by atoms with Gasteiger partial charge in [0, 0.05) is 10.2 Å². The van der Waals surface area contributed by atoms with Crippen LogP contribution in [0.15, 0.2) is 34.8 Å². The summed E-state index contributed by atoms with van der Waals surface area (Å²) in [6.07, 6.45) is 0. The van der Waals surface area contributed by atoms with Gasteiger partial charge >= 0.3 is 0 Å². The predicted molar refractivity (Wildman–Crippen MR) is 93.7 cm³/mol. The van der Waals surface area contributed by atoms with Crippen LogP contribution in [0.1, 0.15) is 22.3 Å². The lowest BCUT2D eigenvalue weighted by atomic mass is 10.1. The molecule has 0 aromatic heterocycles. The van der Waals surface area contributed by atoms with E-state index in [-0.39, 0.29) is 12.5 Å². The second-order valence-electron chi connectivity index (χ2n) is 5.58. The van der Waals surface area contributed by atoms with E-state index in [0.29, 0.717) is 0 Å². The van der Waals surface area contributed by atoms with Crippen molar-refractivity contribution in [3.63, 3.8) is 0 Å². The molecule has 0 bridgehead atoms. The van der Waals surface area contributed by atoms with E-state index >= 15 is 0 Å². The van der Waals surface area contributed by atoms with Crippen LogP contribution in [0.3, 0.4) is 0 Å². The Labute approximate surface area is 139 Å². The van der Waals surface area contributed by atoms with Crippen LogP contribution in [0, 0.1) is 27.7 Å². The van der Waals surface area contributed by atoms with Gasteiger partial charge in [-0.15, -0.1) is 0 Å². The molecule has 0 saturated carbocycles. The topological polar surface area (TPSA) is 38.3 Å². The number of benzene rings is 2. The zero-order valence-corrected chi connectivity index (χ0v) is 14.9. The molecule has 2 rings (SSSR count). The number of halogens is 1. The molecule has 0 saturated heterocycles. The quantitative estimate of drug-likeness (QED) is 0.856. The molecule has 2 aromatic carbocycles. The van der Waals surface area contributed by atoms with Gasteiger partial charge in [-0.25, -0.2) is 0 Å². The average Bonchev–Trinajstić information content (AvgIpc) is 2.35. The molecule has 0 spiro atoms. The number of hydrogen-bond donors (Lipinski definition) is 1. The van der Waals surface area contributed by atoms with Gasteiger partial charge in [0.1, 0.15) is 5.75 Å². The van der Waals surface area contributed by atoms with Crippen molar-refractivity contribution in [3.8, 4) is 5.75 Å². The molecule has 2 aromatic rings. The van der Waals surface area contributed by atoms with E-state index in [2.05, 4.69) is 27.3 Å². The van der Waals surface area contributed by atoms with Gasteiger partial charge in [0.2, 0.25) is 0 Å². The molecule has 0 radical (unpaired) electrons. The monoisotopic (exact) mass is 361 g/mol. The van der Waals surface area contributed by atoms with Crippen LogP contribution in [-0.4, -0.2) is 12.5 Å². The van der Waals surface area contributed by atoms with Gasteiger partial charge in [0.05, 0.1) is 0 Å². The molecule has 0 aliphatic rings. The summed E-state index contributed by atoms with van der Waals surface area (Å²) in [4.78, 5) is 12.1. The van der Waals surface area contributed by atoms with Gasteiger partial charge in [0.25, 0.3) is 5.91 Å². The maximum atomic E-state index is 12.1. The summed E-state index contributed by atoms with van der Waals surface area (Å²) in [6, 6.07) is 9.91. The molecule has 4 heteroatoms. The summed E-state index contributed by atoms with van der Waals surface area (Å²) in [5, 5.41) is 2.87. The van der Waals surface area contributed by atoms with Crippen molar-refractivity contribution < 1.29 is 9.53 Å². The van der Waals surface area contributed by atoms with Gasteiger partial charge in [0.15, 0.2) is 6.61 Å². The Bertz CT molecular complexity index is 667. The van der Waals surface area contributed by atoms with Gasteiger partial charge in [-0.05, 0) is 74.2 Å². The minimum Gasteiger partial charge on any atom is -0.483 e. The maximum absolute atomic E-state index is 12.1. The molecule has 116 valence electrons. The van der Waals surface area contributed by atoms with Crippen molar-refractivity contribution in [1.82, 2.24) is 0 Å². The molecule has 0 aliphatic carbocycles. The molecule has 1 amide bonds. The first-order valence-corrected chi connectivity index (χ1v) is 7.92. The zero-order chi connectivity index (χ0) is 16.3. The standard InChI is InChI=1S/C18H20BrNO2/c1-11-5-12(2)7-16(6-11)20-17(21)10-22-18-13(3)8-15(19)9-14(18)4/h5-9H,10H2,1-4H3,(H,20,21). The Morgan fingerprint density at radius 1 is 1.00 bits per heavy atom. The van der Waals surface area contributed by atoms with Crippen LogP contribution in [0.25, 0.3) is 0 Å². The van der Waals surface area contributed by atoms with Crippen molar-refractivity contribution in [1.29, 1.82) is 0 Å². The minimum atomic E-state index is -0.160. The number of hydrogen-bond acceptors (Lipinski definition) is 2. The number of rotatable bonds is 4. The predicted octanol–water partition coefficient (Wildman–Crippen LogP) is 4.70. The Balaban J connectivity index is 2.01. The van der Waals surface area contributed by atoms with E-state index in [4.69, 9.17) is 4.74 Å². The number of ether oxygens (including phenoxy) is 1. The Morgan fingerprint density at radius 3 is 2.09 bits per heavy atom. The van der Waals surface area contributed by atoms with E-state index in [1.807, 2.05) is 52.0 Å². The summed E-state index contributed by atoms with van der Waals surface area (Å²) in [6.45, 7) is 7.95. The van der Waals surface area contributed by atoms with Gasteiger partial charge in [-0.2, -0.15) is 0 Å². The molecular formula is C18H20BrNO2. The number of anilines is 1. The van der Waals surface area contributed by atoms with Crippen molar-refractivity contribution in [2.75, 3.05) is 11.9 Å². The van der Waals surface area contributed by atoms with Crippen molar-refractivity contribution in [3.05, 3.63) is 57.1 Å². The highest BCUT2D eigenvalue weighted by Crippen LogP contribution is 2.27. The van der Waals surface area contributed by atoms with Crippen molar-refractivity contribution in [2.45, 2.75) is 27.7 Å². The molecule has 0 aliphatic heterocycles. The Kier molecular flexibility index (Phi) is 5.24. The third kappa shape index (κ3) is 4.34. The number of nitrogens with one attached hydrogen (secondary N) is 1. The van der Waals surface area contributed by atoms with Crippen LogP contribution in [-0.2, 0) is 4.79 Å². The fourth-order valence-electron chi connectivity index (χ4n) is 2.51. The Hall–Kier alpha value is -1.81. The summed E-state index contributed by atoms with van der Waals surface area (Å²) in [5.74, 6) is 0.602. The second-order valence-corrected chi connectivity index (χ2v) is 6.50. The molecule has 0 fully saturated rings. The lowest BCUT2D eigenvalue weighted by Gasteiger charge is -2.13. The lowest BCUT2D eigenvalue weighted by Crippen LogP contribution is -2.20. The number of carbonyl (C=O) groups is 1. The highest BCUT2D eigenvalue weighted by Gasteiger charge is 2.09. The van der Waals surface area contributed by atoms with Crippen molar-refractivity contribution >= 4 is 27.5 Å². The number of amides is 1. The van der Waals surface area contributed by atoms with Crippen LogP contribution in [0.2, 0.25) is 0 Å². The van der Waals surface area contributed by atoms with Gasteiger partial charge in [-0.1, -0.05) is 22.0 Å². The summed E-state index contributed by atoms with van der Waals surface area (Å²) >= 11 is 3.45. The third-order valence-electron chi connectivity index (χ3n) is 3.28. The first-order chi connectivity index (χ1) is 10.3. The van der Waals surface area contributed by atoms with Crippen LogP contribution in [0.4, 0.5) is 5.69 Å². The average molecular weight is 362 g/mol. The highest BCUT2D eigenvalue weighted by atomic mass is 79.9. The maximum Gasteiger partial charge on any atom is 0.262 e. The highest BCUT2D eigenvalue weighted by molar-refractivity contribution is 9.10. The molecule has 3 nitrogen and oxygen atoms in total. The van der Waals surface area contributed by atoms with E-state index in [1.54, 1.807) is 0 Å². The van der Waals surface area contributed by atoms with Gasteiger partial charge < -0.3 is 10.1 Å². The van der Waals surface area contributed by atoms with Crippen LogP contribution < -0.4 is 10.1 Å². The van der Waals surface area contributed by atoms with E-state index in [9.17, 15) is 4.79 Å². The summed E-state index contributed by atoms with van der Waals surface area (Å²) in [5.41, 5.74) is 5.05. The first kappa shape index (κ1) is 16.6. The summed E-state index contributed by atoms with van der Waals surface area (Å²) in [7, 11) is 0. The smallest absolute Gasteiger partial charge is 0.262 e. The third-order valence-corrected chi connectivity index (χ3v) is 3.74. The fraction of sp³-hybridized carbons (Fsp3) is 0.278. The lowest BCUT2D eigenvalue weighted by molar-refractivity contribution is -0.118. The van der Waals surface area contributed by atoms with Crippen molar-refractivity contribution in [2.24, 2.45) is 0 Å². The molecule has 1 N–H and O–H groups in total. The number of carbonyl (C=O) groups excluding carboxylic acids is 1. The Morgan fingerprint density at radius 2 is 1.55 bits per heavy atom. The molecule has 22 heavy (non-hydrogen) atoms. The van der Waals surface area contributed by atoms with Crippen LogP contribution >= 0.6 is 15.9 Å². The molecule has 0 unspecified atom stereocenters. The largest absolute Gasteiger partial charge is 0.483 e. The number of aryl methyl sites for hydroxylation is 4. The second kappa shape index (κ2) is 6.97. The molecular weight excluding hydrogens is 342 g/mol. The van der Waals surface area contributed by atoms with E-state index in [1.165, 1.54) is 0 Å². The van der Waals surface area contributed by atoms with E-state index < -0.39 is 0 Å². The molecule has 0 heterocycles. The normalized spacial score (nSPS) is 10.4. The summed E-state index contributed by atoms with van der Waals surface area (Å²) < 4.78 is 6.69. The first-order valence-electron chi connectivity index (χ1n) is 7.13. The fourth-order valence-corrected chi connectivity index (χ4v) is 3.19.